The molecule has 0 aromatic rings. The van der Waals surface area contributed by atoms with E-state index in [0.717, 1.165) is 109 Å². The lowest BCUT2D eigenvalue weighted by Crippen LogP contribution is -2.37. The standard InChI is InChI=1S/C63H104NO8P/c1-6-8-10-12-14-16-18-20-22-24-25-26-27-28-29-30-31-32-33-34-35-36-37-38-39-40-42-44-46-48-50-52-54-56-63(66)72-61(60-71-73(67,68)70-58-57-64(3,4)5)59-69-62(65)55-53-51-49-47-45-43-41-23-21-19-17-15-13-11-9-7-2/h8,10,14,16,20,22-23,25-26,28-29,31-32,34-35,37-38,40-42,46,48,61H,6-7,9,11-13,15,17-19,21,24,27,30,33,36,39,43-45,47,49-60H2,1-5H3/p+1/b10-8-,16-14-,22-20-,26-25-,29-28-,32-31-,35-34-,38-37-,41-23-,42-40-,48-46-. The lowest BCUT2D eigenvalue weighted by Gasteiger charge is -2.24. The number of phosphoric acid groups is 1. The molecule has 0 rings (SSSR count). The molecule has 1 N–H and O–H groups in total. The lowest BCUT2D eigenvalue weighted by atomic mass is 10.1. The fourth-order valence-corrected chi connectivity index (χ4v) is 7.78. The fraction of sp³-hybridized carbons (Fsp3) is 0.619. The van der Waals surface area contributed by atoms with Gasteiger partial charge in [0.05, 0.1) is 27.7 Å². The van der Waals surface area contributed by atoms with Crippen molar-refractivity contribution in [1.29, 1.82) is 0 Å². The molecular weight excluding hydrogens is 930 g/mol. The summed E-state index contributed by atoms with van der Waals surface area (Å²) in [6.45, 7) is 4.23. The van der Waals surface area contributed by atoms with E-state index < -0.39 is 32.5 Å². The normalized spacial score (nSPS) is 14.3. The molecule has 73 heavy (non-hydrogen) atoms. The number of unbranched alkanes of at least 4 members (excludes halogenated alkanes) is 14. The first-order valence-corrected chi connectivity index (χ1v) is 29.9. The number of hydrogen-bond acceptors (Lipinski definition) is 7. The predicted octanol–water partition coefficient (Wildman–Crippen LogP) is 17.8. The van der Waals surface area contributed by atoms with Gasteiger partial charge in [0, 0.05) is 12.8 Å². The number of carbonyl (C=O) groups excluding carboxylic acids is 2. The van der Waals surface area contributed by atoms with Crippen molar-refractivity contribution < 1.29 is 42.1 Å². The minimum Gasteiger partial charge on any atom is -0.462 e. The van der Waals surface area contributed by atoms with Gasteiger partial charge < -0.3 is 18.9 Å². The SMILES string of the molecule is CC/C=C\C/C=C\C/C=C\C/C=C\C/C=C\C/C=C\C/C=C\C/C=C\C/C=C\C/C=C\CCCCC(=O)OC(COC(=O)CCCCCCC/C=C\CCCCCCCCC)COP(=O)(O)OCC[N+](C)(C)C. The van der Waals surface area contributed by atoms with Crippen molar-refractivity contribution in [3.8, 4) is 0 Å². The fourth-order valence-electron chi connectivity index (χ4n) is 7.04. The van der Waals surface area contributed by atoms with Crippen LogP contribution in [0.25, 0.3) is 0 Å². The molecule has 0 heterocycles. The van der Waals surface area contributed by atoms with Crippen molar-refractivity contribution in [2.75, 3.05) is 47.5 Å². The summed E-state index contributed by atoms with van der Waals surface area (Å²) < 4.78 is 34.4. The first-order chi connectivity index (χ1) is 35.5. The van der Waals surface area contributed by atoms with Gasteiger partial charge in [-0.1, -0.05) is 205 Å². The summed E-state index contributed by atoms with van der Waals surface area (Å²) in [4.78, 5) is 35.6. The Bertz CT molecular complexity index is 1690. The molecule has 0 aromatic heterocycles. The third kappa shape index (κ3) is 57.3. The number of phosphoric ester groups is 1. The highest BCUT2D eigenvalue weighted by atomic mass is 31.2. The summed E-state index contributed by atoms with van der Waals surface area (Å²) >= 11 is 0. The lowest BCUT2D eigenvalue weighted by molar-refractivity contribution is -0.870. The first kappa shape index (κ1) is 69.2. The van der Waals surface area contributed by atoms with Crippen molar-refractivity contribution in [3.63, 3.8) is 0 Å². The molecule has 0 saturated heterocycles. The second-order valence-corrected chi connectivity index (χ2v) is 21.0. The van der Waals surface area contributed by atoms with Crippen LogP contribution in [0.4, 0.5) is 0 Å². The maximum Gasteiger partial charge on any atom is 0.472 e. The molecule has 2 atom stereocenters. The number of carbonyl (C=O) groups is 2. The summed E-state index contributed by atoms with van der Waals surface area (Å²) in [5, 5.41) is 0. The highest BCUT2D eigenvalue weighted by Crippen LogP contribution is 2.43. The molecule has 0 bridgehead atoms. The summed E-state index contributed by atoms with van der Waals surface area (Å²) in [5.41, 5.74) is 0. The largest absolute Gasteiger partial charge is 0.472 e. The van der Waals surface area contributed by atoms with Gasteiger partial charge >= 0.3 is 19.8 Å². The third-order valence-electron chi connectivity index (χ3n) is 11.4. The Morgan fingerprint density at radius 1 is 0.438 bits per heavy atom. The molecule has 0 saturated carbocycles. The number of allylic oxidation sites excluding steroid dienone is 22. The number of hydrogen-bond donors (Lipinski definition) is 1. The molecule has 0 amide bonds. The van der Waals surface area contributed by atoms with Gasteiger partial charge in [0.25, 0.3) is 0 Å². The molecule has 0 fully saturated rings. The maximum absolute atomic E-state index is 12.8. The Labute approximate surface area is 447 Å². The van der Waals surface area contributed by atoms with Crippen LogP contribution in [-0.2, 0) is 32.7 Å². The van der Waals surface area contributed by atoms with Crippen molar-refractivity contribution in [3.05, 3.63) is 134 Å². The Kier molecular flexibility index (Phi) is 50.2. The van der Waals surface area contributed by atoms with Gasteiger partial charge in [0.1, 0.15) is 19.8 Å². The zero-order chi connectivity index (χ0) is 53.5. The molecule has 10 heteroatoms. The molecule has 0 radical (unpaired) electrons. The van der Waals surface area contributed by atoms with Crippen LogP contribution >= 0.6 is 7.82 Å². The van der Waals surface area contributed by atoms with E-state index in [4.69, 9.17) is 18.5 Å². The second kappa shape index (κ2) is 53.0. The van der Waals surface area contributed by atoms with E-state index in [-0.39, 0.29) is 26.1 Å². The number of quaternary nitrogens is 1. The Hall–Kier alpha value is -3.85. The zero-order valence-corrected chi connectivity index (χ0v) is 47.7. The van der Waals surface area contributed by atoms with Crippen LogP contribution in [-0.4, -0.2) is 74.9 Å². The van der Waals surface area contributed by atoms with Gasteiger partial charge in [-0.25, -0.2) is 4.57 Å². The number of likely N-dealkylation sites (N-methyl/N-ethyl adjacent to an activating group) is 1. The van der Waals surface area contributed by atoms with Crippen LogP contribution in [0.5, 0.6) is 0 Å². The molecule has 414 valence electrons. The highest BCUT2D eigenvalue weighted by Gasteiger charge is 2.27. The van der Waals surface area contributed by atoms with E-state index in [1.807, 2.05) is 21.1 Å². The summed E-state index contributed by atoms with van der Waals surface area (Å²) in [6, 6.07) is 0. The average molecular weight is 1040 g/mol. The molecule has 2 unspecified atom stereocenters. The van der Waals surface area contributed by atoms with E-state index in [1.165, 1.54) is 51.4 Å². The van der Waals surface area contributed by atoms with Crippen LogP contribution in [0.2, 0.25) is 0 Å². The summed E-state index contributed by atoms with van der Waals surface area (Å²) in [5.74, 6) is -0.869. The van der Waals surface area contributed by atoms with Gasteiger partial charge in [-0.2, -0.15) is 0 Å². The van der Waals surface area contributed by atoms with Gasteiger partial charge in [-0.05, 0) is 116 Å². The van der Waals surface area contributed by atoms with Gasteiger partial charge in [-0.3, -0.25) is 18.6 Å². The third-order valence-corrected chi connectivity index (χ3v) is 12.4. The Morgan fingerprint density at radius 3 is 1.21 bits per heavy atom. The number of rotatable bonds is 50. The van der Waals surface area contributed by atoms with Crippen LogP contribution in [0.1, 0.15) is 200 Å². The van der Waals surface area contributed by atoms with Crippen LogP contribution in [0, 0.1) is 0 Å². The summed E-state index contributed by atoms with van der Waals surface area (Å²) in [7, 11) is 1.42. The Morgan fingerprint density at radius 2 is 0.781 bits per heavy atom. The van der Waals surface area contributed by atoms with Crippen molar-refractivity contribution in [1.82, 2.24) is 0 Å². The highest BCUT2D eigenvalue weighted by molar-refractivity contribution is 7.47. The predicted molar refractivity (Wildman–Crippen MR) is 311 cm³/mol. The van der Waals surface area contributed by atoms with Gasteiger partial charge in [-0.15, -0.1) is 0 Å². The zero-order valence-electron chi connectivity index (χ0n) is 46.8. The van der Waals surface area contributed by atoms with E-state index in [0.29, 0.717) is 23.9 Å². The Balaban J connectivity index is 4.32. The first-order valence-electron chi connectivity index (χ1n) is 28.4. The summed E-state index contributed by atoms with van der Waals surface area (Å²) in [6.07, 6.45) is 76.7. The van der Waals surface area contributed by atoms with E-state index in [1.54, 1.807) is 0 Å². The van der Waals surface area contributed by atoms with Crippen molar-refractivity contribution >= 4 is 19.8 Å². The van der Waals surface area contributed by atoms with Crippen LogP contribution in [0.3, 0.4) is 0 Å². The minimum atomic E-state index is -4.41. The number of esters is 2. The molecule has 0 aromatic carbocycles. The van der Waals surface area contributed by atoms with E-state index in [9.17, 15) is 19.0 Å². The smallest absolute Gasteiger partial charge is 0.462 e. The van der Waals surface area contributed by atoms with Crippen LogP contribution in [0.15, 0.2) is 134 Å². The molecule has 9 nitrogen and oxygen atoms in total. The monoisotopic (exact) mass is 1030 g/mol. The number of nitrogens with zero attached hydrogens (tertiary/aromatic N) is 1. The van der Waals surface area contributed by atoms with E-state index >= 15 is 0 Å². The van der Waals surface area contributed by atoms with Gasteiger partial charge in [0.2, 0.25) is 0 Å². The maximum atomic E-state index is 12.8. The second-order valence-electron chi connectivity index (χ2n) is 19.6. The minimum absolute atomic E-state index is 0.0144. The molecular formula is C63H105NO8P+. The topological polar surface area (TPSA) is 108 Å². The van der Waals surface area contributed by atoms with Crippen molar-refractivity contribution in [2.45, 2.75) is 206 Å². The number of ether oxygens (including phenoxy) is 2. The van der Waals surface area contributed by atoms with Crippen molar-refractivity contribution in [2.24, 2.45) is 0 Å². The van der Waals surface area contributed by atoms with Crippen LogP contribution < -0.4 is 0 Å². The molecule has 0 spiro atoms. The van der Waals surface area contributed by atoms with E-state index in [2.05, 4.69) is 148 Å². The average Bonchev–Trinajstić information content (AvgIpc) is 3.35. The van der Waals surface area contributed by atoms with Gasteiger partial charge in [0.15, 0.2) is 6.10 Å². The molecule has 0 aliphatic carbocycles. The quantitative estimate of drug-likeness (QED) is 0.0211. The molecule has 0 aliphatic heterocycles. The molecule has 0 aliphatic rings.